The monoisotopic (exact) mass is 392 g/mol. The summed E-state index contributed by atoms with van der Waals surface area (Å²) in [6.07, 6.45) is 6.30. The number of rotatable bonds is 7. The number of piperidine rings is 1. The summed E-state index contributed by atoms with van der Waals surface area (Å²) >= 11 is 0. The first-order chi connectivity index (χ1) is 14.2. The third-order valence-electron chi connectivity index (χ3n) is 5.60. The molecule has 1 saturated heterocycles. The summed E-state index contributed by atoms with van der Waals surface area (Å²) < 4.78 is 6.82. The number of hydrogen-bond donors (Lipinski definition) is 1. The van der Waals surface area contributed by atoms with E-state index >= 15 is 0 Å². The summed E-state index contributed by atoms with van der Waals surface area (Å²) in [6.45, 7) is 4.07. The van der Waals surface area contributed by atoms with Gasteiger partial charge in [0, 0.05) is 49.0 Å². The molecule has 1 fully saturated rings. The van der Waals surface area contributed by atoms with Gasteiger partial charge in [0.2, 0.25) is 0 Å². The lowest BCUT2D eigenvalue weighted by Gasteiger charge is -2.33. The van der Waals surface area contributed by atoms with Crippen LogP contribution < -0.4 is 5.32 Å². The Bertz CT molecular complexity index is 954. The van der Waals surface area contributed by atoms with Crippen LogP contribution in [0, 0.1) is 0 Å². The van der Waals surface area contributed by atoms with Gasteiger partial charge in [0.15, 0.2) is 0 Å². The van der Waals surface area contributed by atoms with E-state index in [1.807, 2.05) is 35.0 Å². The Labute approximate surface area is 171 Å². The summed E-state index contributed by atoms with van der Waals surface area (Å²) in [7, 11) is 1.43. The molecule has 152 valence electrons. The fraction of sp³-hybridized carbons (Fsp3) is 0.391. The number of para-hydroxylation sites is 1. The number of aromatic nitrogens is 2. The van der Waals surface area contributed by atoms with Gasteiger partial charge < -0.3 is 14.6 Å². The van der Waals surface area contributed by atoms with E-state index in [-0.39, 0.29) is 12.5 Å². The highest BCUT2D eigenvalue weighted by molar-refractivity contribution is 5.85. The predicted octanol–water partition coefficient (Wildman–Crippen LogP) is 2.96. The Morgan fingerprint density at radius 3 is 2.93 bits per heavy atom. The van der Waals surface area contributed by atoms with E-state index in [9.17, 15) is 4.79 Å². The molecule has 1 aliphatic heterocycles. The fourth-order valence-electron chi connectivity index (χ4n) is 4.14. The topological polar surface area (TPSA) is 59.4 Å². The summed E-state index contributed by atoms with van der Waals surface area (Å²) in [4.78, 5) is 18.7. The zero-order valence-electron chi connectivity index (χ0n) is 16.9. The Morgan fingerprint density at radius 1 is 1.24 bits per heavy atom. The van der Waals surface area contributed by atoms with Gasteiger partial charge in [-0.3, -0.25) is 14.7 Å². The number of esters is 1. The Balaban J connectivity index is 1.40. The quantitative estimate of drug-likeness (QED) is 0.627. The molecule has 1 atom stereocenters. The number of carbonyl (C=O) groups excluding carboxylic acids is 1. The van der Waals surface area contributed by atoms with Gasteiger partial charge in [-0.05, 0) is 43.1 Å². The van der Waals surface area contributed by atoms with E-state index < -0.39 is 0 Å². The van der Waals surface area contributed by atoms with Crippen molar-refractivity contribution in [2.45, 2.75) is 38.5 Å². The van der Waals surface area contributed by atoms with Gasteiger partial charge >= 0.3 is 5.97 Å². The van der Waals surface area contributed by atoms with Gasteiger partial charge in [0.1, 0.15) is 6.54 Å². The van der Waals surface area contributed by atoms with Gasteiger partial charge in [-0.25, -0.2) is 0 Å². The van der Waals surface area contributed by atoms with Crippen LogP contribution in [0.2, 0.25) is 0 Å². The minimum absolute atomic E-state index is 0.234. The molecule has 1 aromatic carbocycles. The van der Waals surface area contributed by atoms with Crippen molar-refractivity contribution in [3.8, 4) is 0 Å². The van der Waals surface area contributed by atoms with Crippen LogP contribution in [0.3, 0.4) is 0 Å². The van der Waals surface area contributed by atoms with Gasteiger partial charge in [-0.15, -0.1) is 0 Å². The van der Waals surface area contributed by atoms with E-state index in [2.05, 4.69) is 39.6 Å². The smallest absolute Gasteiger partial charge is 0.325 e. The molecule has 29 heavy (non-hydrogen) atoms. The van der Waals surface area contributed by atoms with Crippen molar-refractivity contribution in [1.82, 2.24) is 19.8 Å². The fourth-order valence-corrected chi connectivity index (χ4v) is 4.14. The second-order valence-electron chi connectivity index (χ2n) is 7.65. The zero-order valence-corrected chi connectivity index (χ0v) is 16.9. The number of carbonyl (C=O) groups is 1. The number of methoxy groups -OCH3 is 1. The Hall–Kier alpha value is -2.70. The largest absolute Gasteiger partial charge is 0.468 e. The lowest BCUT2D eigenvalue weighted by molar-refractivity contribution is -0.141. The van der Waals surface area contributed by atoms with Crippen molar-refractivity contribution in [2.75, 3.05) is 20.2 Å². The SMILES string of the molecule is COC(=O)Cn1cc(CNC2CCCN(Cc3ccccn3)C2)c2ccccc21. The standard InChI is InChI=1S/C23H28N4O2/c1-29-23(28)17-27-14-18(21-9-2-3-10-22(21)27)13-25-20-8-6-12-26(16-20)15-19-7-4-5-11-24-19/h2-5,7,9-11,14,20,25H,6,8,12-13,15-17H2,1H3. The number of nitrogens with one attached hydrogen (secondary N) is 1. The van der Waals surface area contributed by atoms with Crippen LogP contribution in [-0.4, -0.2) is 46.7 Å². The predicted molar refractivity (Wildman–Crippen MR) is 113 cm³/mol. The van der Waals surface area contributed by atoms with Crippen LogP contribution in [0.15, 0.2) is 54.9 Å². The molecule has 3 aromatic rings. The summed E-state index contributed by atoms with van der Waals surface area (Å²) in [5, 5.41) is 4.92. The van der Waals surface area contributed by atoms with Gasteiger partial charge in [0.05, 0.1) is 12.8 Å². The minimum Gasteiger partial charge on any atom is -0.468 e. The van der Waals surface area contributed by atoms with Crippen LogP contribution >= 0.6 is 0 Å². The molecule has 1 aliphatic rings. The lowest BCUT2D eigenvalue weighted by atomic mass is 10.0. The van der Waals surface area contributed by atoms with Crippen molar-refractivity contribution >= 4 is 16.9 Å². The molecule has 0 spiro atoms. The Kier molecular flexibility index (Phi) is 6.22. The first-order valence-corrected chi connectivity index (χ1v) is 10.2. The molecule has 1 unspecified atom stereocenters. The van der Waals surface area contributed by atoms with Crippen LogP contribution in [0.25, 0.3) is 10.9 Å². The molecule has 1 N–H and O–H groups in total. The maximum Gasteiger partial charge on any atom is 0.325 e. The Morgan fingerprint density at radius 2 is 2.10 bits per heavy atom. The van der Waals surface area contributed by atoms with Crippen molar-refractivity contribution in [2.24, 2.45) is 0 Å². The van der Waals surface area contributed by atoms with Gasteiger partial charge in [-0.2, -0.15) is 0 Å². The second kappa shape index (κ2) is 9.20. The number of hydrogen-bond acceptors (Lipinski definition) is 5. The maximum atomic E-state index is 11.8. The van der Waals surface area contributed by atoms with E-state index in [4.69, 9.17) is 4.74 Å². The van der Waals surface area contributed by atoms with Gasteiger partial charge in [-0.1, -0.05) is 24.3 Å². The average molecular weight is 393 g/mol. The summed E-state index contributed by atoms with van der Waals surface area (Å²) in [5.41, 5.74) is 3.40. The normalized spacial score (nSPS) is 17.5. The number of fused-ring (bicyclic) bond motifs is 1. The van der Waals surface area contributed by atoms with Gasteiger partial charge in [0.25, 0.3) is 0 Å². The van der Waals surface area contributed by atoms with Crippen molar-refractivity contribution in [3.63, 3.8) is 0 Å². The highest BCUT2D eigenvalue weighted by atomic mass is 16.5. The van der Waals surface area contributed by atoms with E-state index in [1.165, 1.54) is 30.9 Å². The van der Waals surface area contributed by atoms with E-state index in [0.717, 1.165) is 37.4 Å². The molecule has 3 heterocycles. The maximum absolute atomic E-state index is 11.8. The summed E-state index contributed by atoms with van der Waals surface area (Å²) in [5.74, 6) is -0.234. The highest BCUT2D eigenvalue weighted by Crippen LogP contribution is 2.22. The third-order valence-corrected chi connectivity index (χ3v) is 5.60. The summed E-state index contributed by atoms with van der Waals surface area (Å²) in [6, 6.07) is 14.8. The minimum atomic E-state index is -0.234. The van der Waals surface area contributed by atoms with Crippen LogP contribution in [0.1, 0.15) is 24.1 Å². The molecular weight excluding hydrogens is 364 g/mol. The number of likely N-dealkylation sites (tertiary alicyclic amines) is 1. The first kappa shape index (κ1) is 19.6. The van der Waals surface area contributed by atoms with E-state index in [0.29, 0.717) is 6.04 Å². The molecule has 0 radical (unpaired) electrons. The third kappa shape index (κ3) is 4.83. The molecule has 0 saturated carbocycles. The number of benzene rings is 1. The lowest BCUT2D eigenvalue weighted by Crippen LogP contribution is -2.45. The van der Waals surface area contributed by atoms with E-state index in [1.54, 1.807) is 0 Å². The molecule has 6 heteroatoms. The van der Waals surface area contributed by atoms with Crippen molar-refractivity contribution in [1.29, 1.82) is 0 Å². The average Bonchev–Trinajstić information content (AvgIpc) is 3.11. The van der Waals surface area contributed by atoms with Crippen LogP contribution in [0.4, 0.5) is 0 Å². The molecule has 0 amide bonds. The molecule has 2 aromatic heterocycles. The van der Waals surface area contributed by atoms with Crippen molar-refractivity contribution < 1.29 is 9.53 Å². The molecule has 4 rings (SSSR count). The molecule has 6 nitrogen and oxygen atoms in total. The first-order valence-electron chi connectivity index (χ1n) is 10.2. The molecular formula is C23H28N4O2. The number of pyridine rings is 1. The van der Waals surface area contributed by atoms with Crippen LogP contribution in [-0.2, 0) is 29.2 Å². The molecule has 0 bridgehead atoms. The number of ether oxygens (including phenoxy) is 1. The van der Waals surface area contributed by atoms with Crippen LogP contribution in [0.5, 0.6) is 0 Å². The zero-order chi connectivity index (χ0) is 20.1. The highest BCUT2D eigenvalue weighted by Gasteiger charge is 2.20. The molecule has 0 aliphatic carbocycles. The number of nitrogens with zero attached hydrogens (tertiary/aromatic N) is 3. The van der Waals surface area contributed by atoms with Crippen molar-refractivity contribution in [3.05, 3.63) is 66.1 Å². The second-order valence-corrected chi connectivity index (χ2v) is 7.65.